The molecule has 1 N–H and O–H groups in total. The van der Waals surface area contributed by atoms with E-state index in [0.29, 0.717) is 16.5 Å². The van der Waals surface area contributed by atoms with Crippen molar-refractivity contribution < 1.29 is 18.5 Å². The van der Waals surface area contributed by atoms with Crippen LogP contribution in [0.3, 0.4) is 0 Å². The van der Waals surface area contributed by atoms with Crippen LogP contribution in [0.1, 0.15) is 43.0 Å². The van der Waals surface area contributed by atoms with Gasteiger partial charge in [-0.2, -0.15) is 0 Å². The highest BCUT2D eigenvalue weighted by molar-refractivity contribution is 6.08. The molecule has 164 valence electrons. The summed E-state index contributed by atoms with van der Waals surface area (Å²) < 4.78 is 14.3. The summed E-state index contributed by atoms with van der Waals surface area (Å²) in [5.41, 5.74) is 2.37. The van der Waals surface area contributed by atoms with Gasteiger partial charge in [-0.3, -0.25) is 10.1 Å². The number of rotatable bonds is 6. The molecule has 0 bridgehead atoms. The molecule has 2 aliphatic rings. The Hall–Kier alpha value is -2.57. The average Bonchev–Trinajstić information content (AvgIpc) is 3.03. The van der Waals surface area contributed by atoms with E-state index in [9.17, 15) is 14.0 Å². The smallest absolute Gasteiger partial charge is 0.326 e. The van der Waals surface area contributed by atoms with Crippen LogP contribution in [-0.4, -0.2) is 55.6 Å². The summed E-state index contributed by atoms with van der Waals surface area (Å²) >= 11 is 0. The highest BCUT2D eigenvalue weighted by Crippen LogP contribution is 2.47. The van der Waals surface area contributed by atoms with Crippen LogP contribution in [0, 0.1) is 5.82 Å². The lowest BCUT2D eigenvalue weighted by Gasteiger charge is -2.50. The molecule has 0 aromatic heterocycles. The van der Waals surface area contributed by atoms with Crippen LogP contribution in [-0.2, 0) is 0 Å². The van der Waals surface area contributed by atoms with Crippen molar-refractivity contribution in [3.05, 3.63) is 59.9 Å². The predicted octanol–water partition coefficient (Wildman–Crippen LogP) is 4.97. The third-order valence-corrected chi connectivity index (χ3v) is 7.76. The fourth-order valence-corrected chi connectivity index (χ4v) is 5.17. The van der Waals surface area contributed by atoms with Gasteiger partial charge in [-0.1, -0.05) is 12.1 Å². The zero-order valence-electron chi connectivity index (χ0n) is 18.7. The first-order valence-corrected chi connectivity index (χ1v) is 11.1. The number of fused-ring (bicyclic) bond motifs is 1. The summed E-state index contributed by atoms with van der Waals surface area (Å²) in [6, 6.07) is 13.8. The van der Waals surface area contributed by atoms with Crippen molar-refractivity contribution in [1.82, 2.24) is 4.48 Å². The van der Waals surface area contributed by atoms with E-state index in [4.69, 9.17) is 0 Å². The maximum absolute atomic E-state index is 13.1. The number of anilines is 1. The Bertz CT molecular complexity index is 996. The number of ketones is 1. The molecular weight excluding hydrogens is 393 g/mol. The molecule has 1 unspecified atom stereocenters. The molecule has 2 aromatic carbocycles. The monoisotopic (exact) mass is 425 g/mol. The van der Waals surface area contributed by atoms with Crippen LogP contribution in [0.2, 0.25) is 0 Å². The lowest BCUT2D eigenvalue weighted by Crippen LogP contribution is -2.69. The van der Waals surface area contributed by atoms with Gasteiger partial charge in [0.05, 0.1) is 46.6 Å². The molecule has 1 fully saturated rings. The summed E-state index contributed by atoms with van der Waals surface area (Å²) in [4.78, 5) is 25.4. The number of urea groups is 1. The van der Waals surface area contributed by atoms with E-state index in [0.717, 1.165) is 54.8 Å². The molecule has 5 nitrogen and oxygen atoms in total. The first kappa shape index (κ1) is 21.7. The predicted molar refractivity (Wildman–Crippen MR) is 122 cm³/mol. The minimum atomic E-state index is -0.323. The fraction of sp³-hybridized carbons (Fsp3) is 0.440. The zero-order chi connectivity index (χ0) is 22.3. The number of amides is 2. The van der Waals surface area contributed by atoms with Crippen molar-refractivity contribution in [3.8, 4) is 0 Å². The summed E-state index contributed by atoms with van der Waals surface area (Å²) in [5.74, 6) is -0.256. The van der Waals surface area contributed by atoms with Gasteiger partial charge in [0.25, 0.3) is 0 Å². The van der Waals surface area contributed by atoms with Crippen LogP contribution in [0.5, 0.6) is 0 Å². The standard InChI is InChI=1S/C25H31FN3O2/c1-25(29(3)22-8-5-4-7-21(22)27-24(29)31)14-17-28(2,18-15-25)16-6-9-23(30)19-10-12-20(26)13-11-19/h4-5,7-8,10-13H,6,9,14-18H2,1-3H3/q+1/p+1. The third-order valence-electron chi connectivity index (χ3n) is 7.76. The molecule has 0 radical (unpaired) electrons. The molecule has 1 atom stereocenters. The van der Waals surface area contributed by atoms with E-state index in [-0.39, 0.29) is 23.2 Å². The Morgan fingerprint density at radius 3 is 2.39 bits per heavy atom. The molecule has 0 saturated carbocycles. The Balaban J connectivity index is 1.38. The average molecular weight is 426 g/mol. The summed E-state index contributed by atoms with van der Waals surface area (Å²) in [6.07, 6.45) is 3.15. The number of nitrogens with one attached hydrogen (secondary N) is 1. The van der Waals surface area contributed by atoms with E-state index < -0.39 is 0 Å². The van der Waals surface area contributed by atoms with Gasteiger partial charge in [0, 0.05) is 24.5 Å². The van der Waals surface area contributed by atoms with Gasteiger partial charge in [0.1, 0.15) is 17.0 Å². The van der Waals surface area contributed by atoms with Crippen molar-refractivity contribution in [2.24, 2.45) is 0 Å². The molecule has 2 aromatic rings. The van der Waals surface area contributed by atoms with E-state index in [1.165, 1.54) is 12.1 Å². The summed E-state index contributed by atoms with van der Waals surface area (Å²) in [7, 11) is 4.29. The first-order chi connectivity index (χ1) is 14.7. The Labute approximate surface area is 183 Å². The van der Waals surface area contributed by atoms with Gasteiger partial charge in [-0.15, -0.1) is 0 Å². The van der Waals surface area contributed by atoms with Crippen LogP contribution >= 0.6 is 0 Å². The normalized spacial score (nSPS) is 30.0. The van der Waals surface area contributed by atoms with Gasteiger partial charge in [-0.05, 0) is 37.3 Å². The lowest BCUT2D eigenvalue weighted by molar-refractivity contribution is -0.915. The highest BCUT2D eigenvalue weighted by atomic mass is 19.1. The van der Waals surface area contributed by atoms with Crippen molar-refractivity contribution >= 4 is 23.2 Å². The fourth-order valence-electron chi connectivity index (χ4n) is 5.17. The Morgan fingerprint density at radius 1 is 1.06 bits per heavy atom. The van der Waals surface area contributed by atoms with Crippen LogP contribution in [0.25, 0.3) is 0 Å². The number of benzene rings is 2. The molecule has 31 heavy (non-hydrogen) atoms. The van der Waals surface area contributed by atoms with Gasteiger partial charge in [0.15, 0.2) is 11.5 Å². The second-order valence-corrected chi connectivity index (χ2v) is 9.77. The lowest BCUT2D eigenvalue weighted by atomic mass is 9.84. The van der Waals surface area contributed by atoms with Crippen LogP contribution < -0.4 is 9.80 Å². The topological polar surface area (TPSA) is 46.2 Å². The molecule has 6 heteroatoms. The van der Waals surface area contributed by atoms with E-state index in [1.54, 1.807) is 12.1 Å². The van der Waals surface area contributed by atoms with E-state index in [1.807, 2.05) is 25.2 Å². The molecule has 1 saturated heterocycles. The van der Waals surface area contributed by atoms with Crippen molar-refractivity contribution in [2.75, 3.05) is 39.0 Å². The van der Waals surface area contributed by atoms with Crippen LogP contribution in [0.15, 0.2) is 48.5 Å². The molecule has 2 amide bonds. The Kier molecular flexibility index (Phi) is 5.48. The molecule has 2 heterocycles. The number of piperidine rings is 1. The van der Waals surface area contributed by atoms with Gasteiger partial charge < -0.3 is 4.48 Å². The zero-order valence-corrected chi connectivity index (χ0v) is 18.7. The molecule has 4 rings (SSSR count). The summed E-state index contributed by atoms with van der Waals surface area (Å²) in [6.45, 7) is 5.11. The van der Waals surface area contributed by atoms with Crippen molar-refractivity contribution in [1.29, 1.82) is 0 Å². The first-order valence-electron chi connectivity index (χ1n) is 11.1. The number of hydrogen-bond donors (Lipinski definition) is 1. The highest BCUT2D eigenvalue weighted by Gasteiger charge is 2.58. The van der Waals surface area contributed by atoms with Crippen LogP contribution in [0.4, 0.5) is 20.6 Å². The number of carbonyl (C=O) groups is 2. The molecule has 0 spiro atoms. The maximum Gasteiger partial charge on any atom is 0.426 e. The second-order valence-electron chi connectivity index (χ2n) is 9.77. The number of carbonyl (C=O) groups excluding carboxylic acids is 2. The number of para-hydroxylation sites is 2. The minimum absolute atomic E-state index is 0.0460. The largest absolute Gasteiger partial charge is 0.426 e. The quantitative estimate of drug-likeness (QED) is 0.525. The molecule has 2 aliphatic heterocycles. The Morgan fingerprint density at radius 2 is 1.71 bits per heavy atom. The van der Waals surface area contributed by atoms with Gasteiger partial charge in [-0.25, -0.2) is 13.7 Å². The minimum Gasteiger partial charge on any atom is -0.326 e. The van der Waals surface area contributed by atoms with Gasteiger partial charge in [0.2, 0.25) is 0 Å². The summed E-state index contributed by atoms with van der Waals surface area (Å²) in [5, 5.41) is 3.06. The van der Waals surface area contributed by atoms with E-state index in [2.05, 4.69) is 25.4 Å². The second kappa shape index (κ2) is 7.84. The SMILES string of the molecule is CC1([N+]2(C)C(=O)Nc3ccccc32)CC[N+](C)(CCCC(=O)c2ccc(F)cc2)CC1. The number of likely N-dealkylation sites (tertiary alicyclic amines) is 1. The molecular formula is C25H32FN3O2+2. The number of hydrogen-bond acceptors (Lipinski definition) is 2. The third kappa shape index (κ3) is 3.79. The number of nitrogens with zero attached hydrogens (tertiary/aromatic N) is 2. The van der Waals surface area contributed by atoms with E-state index >= 15 is 0 Å². The molecule has 0 aliphatic carbocycles. The number of halogens is 1. The van der Waals surface area contributed by atoms with Gasteiger partial charge >= 0.3 is 6.03 Å². The number of Topliss-reactive ketones (excluding diaryl/α,β-unsaturated/α-hetero) is 1. The van der Waals surface area contributed by atoms with Crippen molar-refractivity contribution in [2.45, 2.75) is 38.1 Å². The number of quaternary nitrogens is 2. The van der Waals surface area contributed by atoms with Crippen molar-refractivity contribution in [3.63, 3.8) is 0 Å². The maximum atomic E-state index is 13.1.